The summed E-state index contributed by atoms with van der Waals surface area (Å²) in [5.74, 6) is -0.861. The van der Waals surface area contributed by atoms with Crippen molar-refractivity contribution in [2.24, 2.45) is 0 Å². The molecule has 192 valence electrons. The Hall–Kier alpha value is -2.27. The highest BCUT2D eigenvalue weighted by atomic mass is 32.2. The number of rotatable bonds is 10. The smallest absolute Gasteiger partial charge is 0.339 e. The predicted molar refractivity (Wildman–Crippen MR) is 138 cm³/mol. The van der Waals surface area contributed by atoms with Gasteiger partial charge in [-0.25, -0.2) is 13.2 Å². The van der Waals surface area contributed by atoms with Gasteiger partial charge in [-0.15, -0.1) is 11.8 Å². The molecule has 2 aromatic carbocycles. The van der Waals surface area contributed by atoms with Crippen molar-refractivity contribution in [3.05, 3.63) is 42.5 Å². The molecule has 1 heterocycles. The van der Waals surface area contributed by atoms with E-state index < -0.39 is 21.6 Å². The Morgan fingerprint density at radius 2 is 1.94 bits per heavy atom. The second-order valence-corrected chi connectivity index (χ2v) is 11.6. The first-order valence-electron chi connectivity index (χ1n) is 11.5. The summed E-state index contributed by atoms with van der Waals surface area (Å²) in [6.07, 6.45) is 4.50. The first-order chi connectivity index (χ1) is 16.6. The van der Waals surface area contributed by atoms with Gasteiger partial charge in [0.05, 0.1) is 10.6 Å². The molecular formula is C25H34N2O6S2. The van der Waals surface area contributed by atoms with Gasteiger partial charge in [-0.05, 0) is 37.8 Å². The number of carboxylic acid groups (broad SMARTS) is 1. The number of fused-ring (bicyclic) bond motifs is 1. The van der Waals surface area contributed by atoms with Crippen LogP contribution in [0.2, 0.25) is 0 Å². The van der Waals surface area contributed by atoms with E-state index in [2.05, 4.69) is 11.8 Å². The number of thioether (sulfide) groups is 1. The van der Waals surface area contributed by atoms with E-state index >= 15 is 0 Å². The summed E-state index contributed by atoms with van der Waals surface area (Å²) in [6.45, 7) is 3.75. The first kappa shape index (κ1) is 27.3. The first-order valence-corrected chi connectivity index (χ1v) is 14.2. The van der Waals surface area contributed by atoms with Crippen LogP contribution in [0.3, 0.4) is 0 Å². The Bertz CT molecular complexity index is 1140. The molecule has 0 bridgehead atoms. The summed E-state index contributed by atoms with van der Waals surface area (Å²) in [5, 5.41) is 9.53. The van der Waals surface area contributed by atoms with Crippen LogP contribution in [0.25, 0.3) is 0 Å². The fraction of sp³-hybridized carbons (Fsp3) is 0.480. The van der Waals surface area contributed by atoms with Crippen molar-refractivity contribution in [2.45, 2.75) is 54.5 Å². The molecule has 2 aromatic rings. The molecule has 3 rings (SSSR count). The lowest BCUT2D eigenvalue weighted by Crippen LogP contribution is -2.43. The van der Waals surface area contributed by atoms with Crippen molar-refractivity contribution in [1.29, 1.82) is 0 Å². The predicted octanol–water partition coefficient (Wildman–Crippen LogP) is 4.61. The number of methoxy groups -OCH3 is 1. The third-order valence-corrected chi connectivity index (χ3v) is 9.16. The maximum Gasteiger partial charge on any atom is 0.339 e. The second-order valence-electron chi connectivity index (χ2n) is 8.76. The Balaban J connectivity index is 2.16. The second kappa shape index (κ2) is 11.2. The summed E-state index contributed by atoms with van der Waals surface area (Å²) < 4.78 is 40.1. The van der Waals surface area contributed by atoms with Crippen LogP contribution in [0.15, 0.2) is 52.3 Å². The number of carbonyl (C=O) groups is 1. The summed E-state index contributed by atoms with van der Waals surface area (Å²) >= 11 is 1.41. The standard InChI is InChI=1S/C25H34N2O6S2/c1-6-7-11-19-16-27(18-12-9-8-10-13-18)20-14-22(34-5)21(15-23(20)35(30,31)26(19)3)33-17-25(2,32-4)24(28)29/h8-10,12-15,19H,6-7,11,16-17H2,1-5H3,(H,28,29)/t19?,25-/m0/s1. The Kier molecular flexibility index (Phi) is 8.74. The van der Waals surface area contributed by atoms with E-state index in [9.17, 15) is 18.3 Å². The minimum Gasteiger partial charge on any atom is -0.489 e. The zero-order valence-corrected chi connectivity index (χ0v) is 22.5. The topological polar surface area (TPSA) is 96.4 Å². The maximum absolute atomic E-state index is 13.8. The number of likely N-dealkylation sites (N-methyl/N-ethyl adjacent to an activating group) is 1. The van der Waals surface area contributed by atoms with E-state index in [-0.39, 0.29) is 17.5 Å². The highest BCUT2D eigenvalue weighted by molar-refractivity contribution is 7.98. The normalized spacial score (nSPS) is 19.5. The van der Waals surface area contributed by atoms with E-state index in [1.807, 2.05) is 42.7 Å². The van der Waals surface area contributed by atoms with Gasteiger partial charge in [0, 0.05) is 38.5 Å². The number of aliphatic carboxylic acids is 1. The molecule has 1 aliphatic rings. The van der Waals surface area contributed by atoms with Crippen molar-refractivity contribution in [3.63, 3.8) is 0 Å². The van der Waals surface area contributed by atoms with Crippen LogP contribution in [0.4, 0.5) is 11.4 Å². The van der Waals surface area contributed by atoms with Crippen LogP contribution in [0.1, 0.15) is 33.1 Å². The molecule has 0 saturated heterocycles. The number of unbranched alkanes of at least 4 members (excludes halogenated alkanes) is 1. The fourth-order valence-corrected chi connectivity index (χ4v) is 6.10. The molecule has 10 heteroatoms. The Morgan fingerprint density at radius 3 is 2.51 bits per heavy atom. The third kappa shape index (κ3) is 5.61. The molecule has 1 unspecified atom stereocenters. The maximum atomic E-state index is 13.8. The Labute approximate surface area is 212 Å². The molecule has 0 amide bonds. The number of hydrogen-bond donors (Lipinski definition) is 1. The largest absolute Gasteiger partial charge is 0.489 e. The monoisotopic (exact) mass is 522 g/mol. The van der Waals surface area contributed by atoms with E-state index in [0.29, 0.717) is 22.9 Å². The van der Waals surface area contributed by atoms with Crippen molar-refractivity contribution >= 4 is 39.1 Å². The molecule has 0 fully saturated rings. The quantitative estimate of drug-likeness (QED) is 0.452. The van der Waals surface area contributed by atoms with Gasteiger partial charge in [0.25, 0.3) is 0 Å². The lowest BCUT2D eigenvalue weighted by Gasteiger charge is -2.29. The third-order valence-electron chi connectivity index (χ3n) is 6.47. The molecule has 2 atom stereocenters. The molecule has 8 nitrogen and oxygen atoms in total. The van der Waals surface area contributed by atoms with E-state index in [0.717, 1.165) is 24.9 Å². The van der Waals surface area contributed by atoms with E-state index in [4.69, 9.17) is 9.47 Å². The summed E-state index contributed by atoms with van der Waals surface area (Å²) in [4.78, 5) is 14.5. The fourth-order valence-electron chi connectivity index (χ4n) is 3.98. The van der Waals surface area contributed by atoms with Crippen LogP contribution < -0.4 is 9.64 Å². The number of ether oxygens (including phenoxy) is 2. The van der Waals surface area contributed by atoms with Crippen molar-refractivity contribution < 1.29 is 27.8 Å². The van der Waals surface area contributed by atoms with Gasteiger partial charge in [-0.3, -0.25) is 0 Å². The van der Waals surface area contributed by atoms with Gasteiger partial charge in [0.2, 0.25) is 10.0 Å². The van der Waals surface area contributed by atoms with E-state index in [1.165, 1.54) is 36.2 Å². The number of carboxylic acids is 1. The molecule has 0 aliphatic carbocycles. The molecule has 1 N–H and O–H groups in total. The highest BCUT2D eigenvalue weighted by Crippen LogP contribution is 2.43. The number of benzene rings is 2. The average Bonchev–Trinajstić information content (AvgIpc) is 2.94. The van der Waals surface area contributed by atoms with Gasteiger partial charge in [0.15, 0.2) is 5.60 Å². The molecule has 0 spiro atoms. The van der Waals surface area contributed by atoms with E-state index in [1.54, 1.807) is 7.05 Å². The van der Waals surface area contributed by atoms with Gasteiger partial charge in [0.1, 0.15) is 17.3 Å². The molecule has 35 heavy (non-hydrogen) atoms. The lowest BCUT2D eigenvalue weighted by atomic mass is 10.1. The van der Waals surface area contributed by atoms with Crippen molar-refractivity contribution in [2.75, 3.05) is 38.5 Å². The number of anilines is 2. The average molecular weight is 523 g/mol. The van der Waals surface area contributed by atoms with Gasteiger partial charge < -0.3 is 19.5 Å². The summed E-state index contributed by atoms with van der Waals surface area (Å²) in [5.41, 5.74) is -0.0924. The summed E-state index contributed by atoms with van der Waals surface area (Å²) in [7, 11) is -0.915. The molecular weight excluding hydrogens is 488 g/mol. The number of nitrogens with zero attached hydrogens (tertiary/aromatic N) is 2. The highest BCUT2D eigenvalue weighted by Gasteiger charge is 2.38. The number of sulfonamides is 1. The molecule has 0 aromatic heterocycles. The number of para-hydroxylation sites is 1. The SMILES string of the molecule is CCCCC1CN(c2ccccc2)c2cc(SC)c(OC[C@](C)(OC)C(=O)O)cc2S(=O)(=O)N1C. The van der Waals surface area contributed by atoms with Crippen molar-refractivity contribution in [1.82, 2.24) is 4.31 Å². The van der Waals surface area contributed by atoms with Crippen LogP contribution >= 0.6 is 11.8 Å². The Morgan fingerprint density at radius 1 is 1.26 bits per heavy atom. The molecule has 0 radical (unpaired) electrons. The van der Waals surface area contributed by atoms with Crippen LogP contribution in [0, 0.1) is 0 Å². The van der Waals surface area contributed by atoms with Crippen molar-refractivity contribution in [3.8, 4) is 5.75 Å². The minimum absolute atomic E-state index is 0.130. The molecule has 0 saturated carbocycles. The number of hydrogen-bond acceptors (Lipinski definition) is 7. The zero-order chi connectivity index (χ0) is 25.8. The summed E-state index contributed by atoms with van der Waals surface area (Å²) in [6, 6.07) is 12.9. The minimum atomic E-state index is -3.85. The van der Waals surface area contributed by atoms with Gasteiger partial charge >= 0.3 is 5.97 Å². The zero-order valence-electron chi connectivity index (χ0n) is 20.9. The molecule has 1 aliphatic heterocycles. The van der Waals surface area contributed by atoms with Crippen LogP contribution in [0.5, 0.6) is 5.75 Å². The van der Waals surface area contributed by atoms with Crippen LogP contribution in [-0.2, 0) is 19.6 Å². The van der Waals surface area contributed by atoms with Gasteiger partial charge in [-0.2, -0.15) is 4.31 Å². The van der Waals surface area contributed by atoms with Crippen LogP contribution in [-0.4, -0.2) is 69.0 Å². The lowest BCUT2D eigenvalue weighted by molar-refractivity contribution is -0.163. The van der Waals surface area contributed by atoms with Gasteiger partial charge in [-0.1, -0.05) is 38.0 Å².